The molecule has 1 N–H and O–H groups in total. The highest BCUT2D eigenvalue weighted by atomic mass is 16.2. The summed E-state index contributed by atoms with van der Waals surface area (Å²) in [4.78, 5) is 14.3. The van der Waals surface area contributed by atoms with Crippen LogP contribution in [-0.4, -0.2) is 37.0 Å². The lowest BCUT2D eigenvalue weighted by Gasteiger charge is -2.28. The van der Waals surface area contributed by atoms with Gasteiger partial charge in [-0.1, -0.05) is 32.9 Å². The molecule has 1 amide bonds. The Labute approximate surface area is 109 Å². The van der Waals surface area contributed by atoms with Crippen LogP contribution in [0.5, 0.6) is 0 Å². The first-order valence-electron chi connectivity index (χ1n) is 6.59. The Hall–Kier alpha value is -1.35. The predicted molar refractivity (Wildman–Crippen MR) is 73.9 cm³/mol. The van der Waals surface area contributed by atoms with E-state index in [9.17, 15) is 4.79 Å². The molecule has 3 nitrogen and oxygen atoms in total. The van der Waals surface area contributed by atoms with Crippen molar-refractivity contribution >= 4 is 5.91 Å². The van der Waals surface area contributed by atoms with Crippen LogP contribution in [0.25, 0.3) is 0 Å². The minimum atomic E-state index is 0.0831. The summed E-state index contributed by atoms with van der Waals surface area (Å²) in [5, 5.41) is 3.26. The number of hydrogen-bond donors (Lipinski definition) is 1. The van der Waals surface area contributed by atoms with Gasteiger partial charge in [0.15, 0.2) is 0 Å². The molecule has 2 rings (SSSR count). The predicted octanol–water partition coefficient (Wildman–Crippen LogP) is 2.03. The molecule has 1 aliphatic rings. The molecular formula is C15H22N2O. The van der Waals surface area contributed by atoms with Gasteiger partial charge in [0.25, 0.3) is 5.91 Å². The van der Waals surface area contributed by atoms with Crippen LogP contribution in [0.4, 0.5) is 0 Å². The van der Waals surface area contributed by atoms with E-state index >= 15 is 0 Å². The standard InChI is InChI=1S/C15H22N2O/c1-15(2,3)13-6-4-5-12(11-13)14(18)17-9-7-16-8-10-17/h4-6,11,16H,7-10H2,1-3H3. The monoisotopic (exact) mass is 246 g/mol. The highest BCUT2D eigenvalue weighted by molar-refractivity contribution is 5.94. The molecule has 1 heterocycles. The Morgan fingerprint density at radius 3 is 2.50 bits per heavy atom. The summed E-state index contributed by atoms with van der Waals surface area (Å²) in [6.07, 6.45) is 0. The maximum absolute atomic E-state index is 12.4. The molecule has 0 atom stereocenters. The second kappa shape index (κ2) is 5.11. The van der Waals surface area contributed by atoms with Gasteiger partial charge in [0, 0.05) is 31.7 Å². The van der Waals surface area contributed by atoms with Crippen molar-refractivity contribution in [3.8, 4) is 0 Å². The molecular weight excluding hydrogens is 224 g/mol. The lowest BCUT2D eigenvalue weighted by Crippen LogP contribution is -2.46. The minimum absolute atomic E-state index is 0.0831. The van der Waals surface area contributed by atoms with Crippen LogP contribution in [0, 0.1) is 0 Å². The highest BCUT2D eigenvalue weighted by Gasteiger charge is 2.20. The topological polar surface area (TPSA) is 32.3 Å². The number of amides is 1. The zero-order chi connectivity index (χ0) is 13.2. The Bertz CT molecular complexity index is 428. The van der Waals surface area contributed by atoms with Gasteiger partial charge in [0.2, 0.25) is 0 Å². The van der Waals surface area contributed by atoms with E-state index in [1.807, 2.05) is 23.1 Å². The highest BCUT2D eigenvalue weighted by Crippen LogP contribution is 2.23. The smallest absolute Gasteiger partial charge is 0.253 e. The van der Waals surface area contributed by atoms with Crippen molar-refractivity contribution in [1.29, 1.82) is 0 Å². The normalized spacial score (nSPS) is 16.7. The number of hydrogen-bond acceptors (Lipinski definition) is 2. The molecule has 1 aliphatic heterocycles. The molecule has 1 aromatic rings. The van der Waals surface area contributed by atoms with Gasteiger partial charge in [-0.15, -0.1) is 0 Å². The Morgan fingerprint density at radius 2 is 1.89 bits per heavy atom. The molecule has 0 radical (unpaired) electrons. The fourth-order valence-electron chi connectivity index (χ4n) is 2.17. The average molecular weight is 246 g/mol. The molecule has 98 valence electrons. The maximum Gasteiger partial charge on any atom is 0.253 e. The van der Waals surface area contributed by atoms with Gasteiger partial charge in [-0.3, -0.25) is 4.79 Å². The van der Waals surface area contributed by atoms with Crippen molar-refractivity contribution in [2.45, 2.75) is 26.2 Å². The van der Waals surface area contributed by atoms with E-state index in [0.29, 0.717) is 0 Å². The number of piperazine rings is 1. The lowest BCUT2D eigenvalue weighted by molar-refractivity contribution is 0.0735. The van der Waals surface area contributed by atoms with E-state index in [4.69, 9.17) is 0 Å². The van der Waals surface area contributed by atoms with Crippen molar-refractivity contribution < 1.29 is 4.79 Å². The number of carbonyl (C=O) groups is 1. The third-order valence-corrected chi connectivity index (χ3v) is 3.38. The zero-order valence-electron chi connectivity index (χ0n) is 11.5. The first-order valence-corrected chi connectivity index (χ1v) is 6.59. The van der Waals surface area contributed by atoms with Crippen LogP contribution in [0.1, 0.15) is 36.7 Å². The van der Waals surface area contributed by atoms with Gasteiger partial charge in [-0.25, -0.2) is 0 Å². The van der Waals surface area contributed by atoms with Crippen LogP contribution < -0.4 is 5.32 Å². The van der Waals surface area contributed by atoms with E-state index in [2.05, 4.69) is 32.2 Å². The Kier molecular flexibility index (Phi) is 3.71. The maximum atomic E-state index is 12.4. The van der Waals surface area contributed by atoms with E-state index in [1.54, 1.807) is 0 Å². The third kappa shape index (κ3) is 2.91. The largest absolute Gasteiger partial charge is 0.336 e. The summed E-state index contributed by atoms with van der Waals surface area (Å²) in [7, 11) is 0. The molecule has 0 spiro atoms. The summed E-state index contributed by atoms with van der Waals surface area (Å²) in [5.41, 5.74) is 2.10. The second-order valence-electron chi connectivity index (χ2n) is 5.87. The van der Waals surface area contributed by atoms with Crippen LogP contribution in [-0.2, 0) is 5.41 Å². The van der Waals surface area contributed by atoms with Gasteiger partial charge >= 0.3 is 0 Å². The fourth-order valence-corrected chi connectivity index (χ4v) is 2.17. The van der Waals surface area contributed by atoms with E-state index in [0.717, 1.165) is 31.7 Å². The quantitative estimate of drug-likeness (QED) is 0.822. The molecule has 3 heteroatoms. The SMILES string of the molecule is CC(C)(C)c1cccc(C(=O)N2CCNCC2)c1. The molecule has 0 bridgehead atoms. The Morgan fingerprint density at radius 1 is 1.22 bits per heavy atom. The summed E-state index contributed by atoms with van der Waals surface area (Å²) in [6, 6.07) is 8.02. The third-order valence-electron chi connectivity index (χ3n) is 3.38. The van der Waals surface area contributed by atoms with Crippen LogP contribution >= 0.6 is 0 Å². The van der Waals surface area contributed by atoms with Crippen molar-refractivity contribution in [2.75, 3.05) is 26.2 Å². The minimum Gasteiger partial charge on any atom is -0.336 e. The van der Waals surface area contributed by atoms with Crippen molar-refractivity contribution in [2.24, 2.45) is 0 Å². The summed E-state index contributed by atoms with van der Waals surface area (Å²) >= 11 is 0. The summed E-state index contributed by atoms with van der Waals surface area (Å²) in [5.74, 6) is 0.155. The van der Waals surface area contributed by atoms with Crippen LogP contribution in [0.15, 0.2) is 24.3 Å². The molecule has 0 aromatic heterocycles. The number of nitrogens with zero attached hydrogens (tertiary/aromatic N) is 1. The number of benzene rings is 1. The van der Waals surface area contributed by atoms with E-state index in [1.165, 1.54) is 5.56 Å². The fraction of sp³-hybridized carbons (Fsp3) is 0.533. The Balaban J connectivity index is 2.20. The van der Waals surface area contributed by atoms with Gasteiger partial charge in [0.05, 0.1) is 0 Å². The van der Waals surface area contributed by atoms with Gasteiger partial charge in [-0.05, 0) is 23.1 Å². The molecule has 1 aromatic carbocycles. The molecule has 18 heavy (non-hydrogen) atoms. The van der Waals surface area contributed by atoms with Crippen molar-refractivity contribution in [1.82, 2.24) is 10.2 Å². The van der Waals surface area contributed by atoms with E-state index < -0.39 is 0 Å². The summed E-state index contributed by atoms with van der Waals surface area (Å²) in [6.45, 7) is 9.90. The lowest BCUT2D eigenvalue weighted by atomic mass is 9.86. The second-order valence-corrected chi connectivity index (χ2v) is 5.87. The average Bonchev–Trinajstić information content (AvgIpc) is 2.38. The molecule has 1 fully saturated rings. The molecule has 1 saturated heterocycles. The van der Waals surface area contributed by atoms with Gasteiger partial charge in [-0.2, -0.15) is 0 Å². The number of carbonyl (C=O) groups excluding carboxylic acids is 1. The first kappa shape index (κ1) is 13.1. The van der Waals surface area contributed by atoms with Crippen molar-refractivity contribution in [3.63, 3.8) is 0 Å². The van der Waals surface area contributed by atoms with Gasteiger partial charge < -0.3 is 10.2 Å². The first-order chi connectivity index (χ1) is 8.48. The zero-order valence-corrected chi connectivity index (χ0v) is 11.5. The summed E-state index contributed by atoms with van der Waals surface area (Å²) < 4.78 is 0. The number of nitrogens with one attached hydrogen (secondary N) is 1. The van der Waals surface area contributed by atoms with Gasteiger partial charge in [0.1, 0.15) is 0 Å². The molecule has 0 saturated carbocycles. The number of rotatable bonds is 1. The molecule has 0 unspecified atom stereocenters. The van der Waals surface area contributed by atoms with E-state index in [-0.39, 0.29) is 11.3 Å². The van der Waals surface area contributed by atoms with Crippen molar-refractivity contribution in [3.05, 3.63) is 35.4 Å². The van der Waals surface area contributed by atoms with Crippen LogP contribution in [0.2, 0.25) is 0 Å². The molecule has 0 aliphatic carbocycles. The van der Waals surface area contributed by atoms with Crippen LogP contribution in [0.3, 0.4) is 0 Å².